The summed E-state index contributed by atoms with van der Waals surface area (Å²) in [6.07, 6.45) is 5.02. The summed E-state index contributed by atoms with van der Waals surface area (Å²) >= 11 is 0. The van der Waals surface area contributed by atoms with E-state index in [9.17, 15) is 9.90 Å². The number of ether oxygens (including phenoxy) is 3. The van der Waals surface area contributed by atoms with Crippen LogP contribution >= 0.6 is 0 Å². The first-order valence-corrected chi connectivity index (χ1v) is 11.6. The van der Waals surface area contributed by atoms with Gasteiger partial charge in [0.1, 0.15) is 18.1 Å². The highest BCUT2D eigenvalue weighted by atomic mass is 16.5. The minimum Gasteiger partial charge on any atom is -0.493 e. The van der Waals surface area contributed by atoms with Crippen molar-refractivity contribution in [2.45, 2.75) is 39.7 Å². The van der Waals surface area contributed by atoms with Gasteiger partial charge in [-0.25, -0.2) is 9.78 Å². The average molecular weight is 479 g/mol. The largest absolute Gasteiger partial charge is 0.493 e. The standard InChI is InChI=1S/C27H30N2O6/c1-5-20-16-35-26(28-20)19-7-10-24(25(13-19)32-4)34-12-6-11-33-21-8-9-23-22(14-21)17(2)15-29(23)18(3)27(30)31/h7-10,13-16,18H,5-6,11-12H2,1-4H3,(H,30,31). The van der Waals surface area contributed by atoms with Crippen LogP contribution < -0.4 is 14.2 Å². The molecule has 8 nitrogen and oxygen atoms in total. The number of carboxylic acid groups (broad SMARTS) is 1. The normalized spacial score (nSPS) is 12.0. The lowest BCUT2D eigenvalue weighted by Crippen LogP contribution is -2.14. The van der Waals surface area contributed by atoms with Crippen LogP contribution in [0.2, 0.25) is 0 Å². The molecule has 1 atom stereocenters. The van der Waals surface area contributed by atoms with Gasteiger partial charge in [-0.3, -0.25) is 0 Å². The van der Waals surface area contributed by atoms with E-state index in [-0.39, 0.29) is 0 Å². The lowest BCUT2D eigenvalue weighted by Gasteiger charge is -2.12. The van der Waals surface area contributed by atoms with Crippen molar-refractivity contribution in [2.75, 3.05) is 20.3 Å². The molecule has 2 aromatic heterocycles. The maximum atomic E-state index is 11.4. The summed E-state index contributed by atoms with van der Waals surface area (Å²) in [4.78, 5) is 15.8. The molecule has 4 rings (SSSR count). The quantitative estimate of drug-likeness (QED) is 0.278. The summed E-state index contributed by atoms with van der Waals surface area (Å²) in [7, 11) is 1.60. The second-order valence-corrected chi connectivity index (χ2v) is 8.33. The van der Waals surface area contributed by atoms with Crippen molar-refractivity contribution in [3.05, 3.63) is 60.1 Å². The SMILES string of the molecule is CCc1coc(-c2ccc(OCCCOc3ccc4c(c3)c(C)cn4C(C)C(=O)O)c(OC)c2)n1. The molecular formula is C27H30N2O6. The Balaban J connectivity index is 1.33. The van der Waals surface area contributed by atoms with Crippen molar-refractivity contribution < 1.29 is 28.5 Å². The van der Waals surface area contributed by atoms with E-state index in [2.05, 4.69) is 4.98 Å². The van der Waals surface area contributed by atoms with Gasteiger partial charge in [0, 0.05) is 29.1 Å². The van der Waals surface area contributed by atoms with Crippen LogP contribution in [0.5, 0.6) is 17.2 Å². The van der Waals surface area contributed by atoms with Crippen LogP contribution in [0, 0.1) is 6.92 Å². The number of aliphatic carboxylic acids is 1. The van der Waals surface area contributed by atoms with Crippen molar-refractivity contribution in [2.24, 2.45) is 0 Å². The van der Waals surface area contributed by atoms with Gasteiger partial charge in [-0.1, -0.05) is 6.92 Å². The Labute approximate surface area is 204 Å². The van der Waals surface area contributed by atoms with Crippen molar-refractivity contribution in [1.29, 1.82) is 0 Å². The molecule has 0 aliphatic rings. The van der Waals surface area contributed by atoms with E-state index >= 15 is 0 Å². The molecule has 0 fully saturated rings. The smallest absolute Gasteiger partial charge is 0.326 e. The molecule has 1 unspecified atom stereocenters. The zero-order valence-corrected chi connectivity index (χ0v) is 20.4. The maximum Gasteiger partial charge on any atom is 0.326 e. The summed E-state index contributed by atoms with van der Waals surface area (Å²) in [6.45, 7) is 6.61. The molecule has 2 heterocycles. The van der Waals surface area contributed by atoms with Gasteiger partial charge >= 0.3 is 5.97 Å². The van der Waals surface area contributed by atoms with Gasteiger partial charge < -0.3 is 28.3 Å². The van der Waals surface area contributed by atoms with E-state index in [0.29, 0.717) is 37.0 Å². The molecule has 35 heavy (non-hydrogen) atoms. The van der Waals surface area contributed by atoms with Crippen LogP contribution in [0.25, 0.3) is 22.4 Å². The number of fused-ring (bicyclic) bond motifs is 1. The fourth-order valence-corrected chi connectivity index (χ4v) is 3.89. The van der Waals surface area contributed by atoms with Crippen LogP contribution in [0.1, 0.15) is 37.6 Å². The highest BCUT2D eigenvalue weighted by Crippen LogP contribution is 2.33. The van der Waals surface area contributed by atoms with Gasteiger partial charge in [0.05, 0.1) is 26.0 Å². The topological polar surface area (TPSA) is 96.0 Å². The summed E-state index contributed by atoms with van der Waals surface area (Å²) in [5.74, 6) is 1.68. The summed E-state index contributed by atoms with van der Waals surface area (Å²) < 4.78 is 24.6. The number of benzene rings is 2. The highest BCUT2D eigenvalue weighted by Gasteiger charge is 2.17. The minimum absolute atomic E-state index is 0.461. The maximum absolute atomic E-state index is 11.4. The van der Waals surface area contributed by atoms with E-state index in [1.165, 1.54) is 0 Å². The van der Waals surface area contributed by atoms with Crippen molar-refractivity contribution in [3.63, 3.8) is 0 Å². The van der Waals surface area contributed by atoms with Gasteiger partial charge in [0.2, 0.25) is 5.89 Å². The average Bonchev–Trinajstić information content (AvgIpc) is 3.48. The Bertz CT molecular complexity index is 1320. The number of aromatic nitrogens is 2. The Kier molecular flexibility index (Phi) is 7.29. The molecule has 1 N–H and O–H groups in total. The number of carbonyl (C=O) groups is 1. The number of aryl methyl sites for hydroxylation is 2. The predicted octanol–water partition coefficient (Wildman–Crippen LogP) is 5.67. The molecule has 8 heteroatoms. The first-order chi connectivity index (χ1) is 16.9. The molecule has 184 valence electrons. The number of carboxylic acids is 1. The van der Waals surface area contributed by atoms with Gasteiger partial charge in [-0.15, -0.1) is 0 Å². The van der Waals surface area contributed by atoms with E-state index in [4.69, 9.17) is 18.6 Å². The zero-order valence-electron chi connectivity index (χ0n) is 20.4. The number of oxazole rings is 1. The van der Waals surface area contributed by atoms with E-state index in [1.54, 1.807) is 24.9 Å². The molecule has 0 saturated heterocycles. The second-order valence-electron chi connectivity index (χ2n) is 8.33. The Morgan fingerprint density at radius 1 is 1.14 bits per heavy atom. The van der Waals surface area contributed by atoms with Crippen LogP contribution in [0.15, 0.2) is 53.3 Å². The molecule has 0 aliphatic carbocycles. The molecule has 0 amide bonds. The molecule has 0 bridgehead atoms. The lowest BCUT2D eigenvalue weighted by molar-refractivity contribution is -0.140. The van der Waals surface area contributed by atoms with Crippen molar-refractivity contribution >= 4 is 16.9 Å². The highest BCUT2D eigenvalue weighted by molar-refractivity contribution is 5.87. The molecular weight excluding hydrogens is 448 g/mol. The molecule has 2 aromatic carbocycles. The second kappa shape index (κ2) is 10.5. The van der Waals surface area contributed by atoms with Crippen LogP contribution in [0.4, 0.5) is 0 Å². The van der Waals surface area contributed by atoms with Gasteiger partial charge in [-0.05, 0) is 62.2 Å². The first-order valence-electron chi connectivity index (χ1n) is 11.6. The number of nitrogens with zero attached hydrogens (tertiary/aromatic N) is 2. The van der Waals surface area contributed by atoms with Gasteiger partial charge in [0.15, 0.2) is 11.5 Å². The molecule has 0 aliphatic heterocycles. The molecule has 4 aromatic rings. The summed E-state index contributed by atoms with van der Waals surface area (Å²) in [5, 5.41) is 10.3. The zero-order chi connectivity index (χ0) is 24.9. The molecule has 0 saturated carbocycles. The number of hydrogen-bond acceptors (Lipinski definition) is 6. The Morgan fingerprint density at radius 2 is 1.94 bits per heavy atom. The third-order valence-corrected chi connectivity index (χ3v) is 5.92. The fourth-order valence-electron chi connectivity index (χ4n) is 3.89. The summed E-state index contributed by atoms with van der Waals surface area (Å²) in [6, 6.07) is 10.7. The lowest BCUT2D eigenvalue weighted by atomic mass is 10.2. The Hall–Kier alpha value is -3.94. The van der Waals surface area contributed by atoms with Crippen molar-refractivity contribution in [1.82, 2.24) is 9.55 Å². The first kappa shape index (κ1) is 24.2. The minimum atomic E-state index is -0.864. The van der Waals surface area contributed by atoms with Crippen LogP contribution in [0.3, 0.4) is 0 Å². The van der Waals surface area contributed by atoms with Crippen molar-refractivity contribution in [3.8, 4) is 28.7 Å². The van der Waals surface area contributed by atoms with E-state index in [0.717, 1.165) is 39.9 Å². The number of methoxy groups -OCH3 is 1. The fraction of sp³-hybridized carbons (Fsp3) is 0.333. The molecule has 0 spiro atoms. The van der Waals surface area contributed by atoms with E-state index < -0.39 is 12.0 Å². The van der Waals surface area contributed by atoms with Gasteiger partial charge in [0.25, 0.3) is 0 Å². The molecule has 0 radical (unpaired) electrons. The van der Waals surface area contributed by atoms with Crippen LogP contribution in [-0.4, -0.2) is 41.0 Å². The Morgan fingerprint density at radius 3 is 2.66 bits per heavy atom. The number of rotatable bonds is 11. The predicted molar refractivity (Wildman–Crippen MR) is 132 cm³/mol. The monoisotopic (exact) mass is 478 g/mol. The third kappa shape index (κ3) is 5.26. The van der Waals surface area contributed by atoms with Gasteiger partial charge in [-0.2, -0.15) is 0 Å². The van der Waals surface area contributed by atoms with Crippen LogP contribution in [-0.2, 0) is 11.2 Å². The third-order valence-electron chi connectivity index (χ3n) is 5.92. The van der Waals surface area contributed by atoms with E-state index in [1.807, 2.05) is 56.4 Å². The number of hydrogen-bond donors (Lipinski definition) is 1. The summed E-state index contributed by atoms with van der Waals surface area (Å²) in [5.41, 5.74) is 3.61.